The molecule has 1 rings (SSSR count). The van der Waals surface area contributed by atoms with Crippen molar-refractivity contribution in [1.29, 1.82) is 0 Å². The maximum Gasteiger partial charge on any atom is 0.354 e. The molecule has 1 N–H and O–H groups in total. The topological polar surface area (TPSA) is 79.7 Å². The minimum atomic E-state index is -1.17. The molecule has 23 heavy (non-hydrogen) atoms. The normalized spacial score (nSPS) is 10.4. The standard InChI is InChI=1S/C17H26N2O4/c1-4-7-10-23-15-12-13(11-14(18-15)17(21)22)16(20)19(8-5-2)9-6-3/h11-12H,4-10H2,1-3H3,(H,21,22). The number of carboxylic acids is 1. The van der Waals surface area contributed by atoms with E-state index in [0.29, 0.717) is 25.3 Å². The second-order valence-corrected chi connectivity index (χ2v) is 5.38. The Morgan fingerprint density at radius 1 is 1.13 bits per heavy atom. The van der Waals surface area contributed by atoms with Crippen LogP contribution in [0.4, 0.5) is 0 Å². The van der Waals surface area contributed by atoms with Crippen molar-refractivity contribution >= 4 is 11.9 Å². The number of hydrogen-bond donors (Lipinski definition) is 1. The van der Waals surface area contributed by atoms with Crippen LogP contribution in [0.3, 0.4) is 0 Å². The zero-order chi connectivity index (χ0) is 17.2. The van der Waals surface area contributed by atoms with Crippen molar-refractivity contribution in [1.82, 2.24) is 9.88 Å². The number of carboxylic acid groups (broad SMARTS) is 1. The molecule has 1 aromatic heterocycles. The van der Waals surface area contributed by atoms with Crippen LogP contribution in [-0.2, 0) is 0 Å². The molecule has 0 atom stereocenters. The highest BCUT2D eigenvalue weighted by Crippen LogP contribution is 2.16. The fourth-order valence-corrected chi connectivity index (χ4v) is 2.17. The summed E-state index contributed by atoms with van der Waals surface area (Å²) >= 11 is 0. The third kappa shape index (κ3) is 5.88. The Morgan fingerprint density at radius 3 is 2.30 bits per heavy atom. The summed E-state index contributed by atoms with van der Waals surface area (Å²) in [6.07, 6.45) is 3.51. The Bertz CT molecular complexity index is 525. The van der Waals surface area contributed by atoms with Crippen LogP contribution in [0, 0.1) is 0 Å². The molecule has 0 aromatic carbocycles. The number of aromatic nitrogens is 1. The summed E-state index contributed by atoms with van der Waals surface area (Å²) in [6, 6.07) is 2.85. The summed E-state index contributed by atoms with van der Waals surface area (Å²) in [5, 5.41) is 9.19. The molecule has 1 amide bonds. The van der Waals surface area contributed by atoms with Gasteiger partial charge in [-0.25, -0.2) is 9.78 Å². The van der Waals surface area contributed by atoms with Crippen LogP contribution in [-0.4, -0.2) is 46.6 Å². The van der Waals surface area contributed by atoms with E-state index in [0.717, 1.165) is 25.7 Å². The fraction of sp³-hybridized carbons (Fsp3) is 0.588. The minimum absolute atomic E-state index is 0.171. The van der Waals surface area contributed by atoms with E-state index in [2.05, 4.69) is 4.98 Å². The van der Waals surface area contributed by atoms with Crippen LogP contribution in [0.1, 0.15) is 67.3 Å². The number of amides is 1. The van der Waals surface area contributed by atoms with Gasteiger partial charge in [-0.2, -0.15) is 0 Å². The fourth-order valence-electron chi connectivity index (χ4n) is 2.17. The third-order valence-electron chi connectivity index (χ3n) is 3.29. The number of carbonyl (C=O) groups is 2. The van der Waals surface area contributed by atoms with E-state index in [-0.39, 0.29) is 17.5 Å². The number of ether oxygens (including phenoxy) is 1. The van der Waals surface area contributed by atoms with Crippen LogP contribution in [0.5, 0.6) is 5.88 Å². The van der Waals surface area contributed by atoms with Gasteiger partial charge in [0.2, 0.25) is 5.88 Å². The van der Waals surface area contributed by atoms with Crippen molar-refractivity contribution in [3.63, 3.8) is 0 Å². The first-order valence-electron chi connectivity index (χ1n) is 8.20. The summed E-state index contributed by atoms with van der Waals surface area (Å²) < 4.78 is 5.48. The van der Waals surface area contributed by atoms with Crippen molar-refractivity contribution in [2.45, 2.75) is 46.5 Å². The highest BCUT2D eigenvalue weighted by molar-refractivity contribution is 5.97. The van der Waals surface area contributed by atoms with Crippen LogP contribution in [0.15, 0.2) is 12.1 Å². The van der Waals surface area contributed by atoms with Gasteiger partial charge in [0.1, 0.15) is 0 Å². The molecule has 0 aliphatic heterocycles. The smallest absolute Gasteiger partial charge is 0.354 e. The molecule has 0 fully saturated rings. The molecule has 1 aromatic rings. The Balaban J connectivity index is 3.06. The number of carbonyl (C=O) groups excluding carboxylic acids is 1. The Labute approximate surface area is 137 Å². The maximum atomic E-state index is 12.6. The first-order chi connectivity index (χ1) is 11.0. The molecular weight excluding hydrogens is 296 g/mol. The van der Waals surface area contributed by atoms with E-state index in [1.165, 1.54) is 12.1 Å². The lowest BCUT2D eigenvalue weighted by Crippen LogP contribution is -2.32. The molecule has 0 bridgehead atoms. The van der Waals surface area contributed by atoms with Gasteiger partial charge in [0, 0.05) is 24.7 Å². The summed E-state index contributed by atoms with van der Waals surface area (Å²) in [5.74, 6) is -1.16. The molecule has 0 spiro atoms. The van der Waals surface area contributed by atoms with E-state index in [9.17, 15) is 14.7 Å². The predicted molar refractivity (Wildman–Crippen MR) is 88.1 cm³/mol. The molecule has 0 saturated carbocycles. The second kappa shape index (κ2) is 9.82. The average Bonchev–Trinajstić information content (AvgIpc) is 2.54. The zero-order valence-electron chi connectivity index (χ0n) is 14.2. The molecule has 1 heterocycles. The van der Waals surface area contributed by atoms with Crippen LogP contribution >= 0.6 is 0 Å². The number of pyridine rings is 1. The molecule has 0 radical (unpaired) electrons. The molecule has 0 aliphatic rings. The van der Waals surface area contributed by atoms with Gasteiger partial charge in [-0.15, -0.1) is 0 Å². The van der Waals surface area contributed by atoms with Crippen molar-refractivity contribution in [3.8, 4) is 5.88 Å². The van der Waals surface area contributed by atoms with E-state index < -0.39 is 5.97 Å². The highest BCUT2D eigenvalue weighted by atomic mass is 16.5. The number of hydrogen-bond acceptors (Lipinski definition) is 4. The predicted octanol–water partition coefficient (Wildman–Crippen LogP) is 3.22. The molecule has 0 aliphatic carbocycles. The Morgan fingerprint density at radius 2 is 1.78 bits per heavy atom. The van der Waals surface area contributed by atoms with Gasteiger partial charge in [-0.05, 0) is 25.3 Å². The van der Waals surface area contributed by atoms with E-state index in [1.807, 2.05) is 20.8 Å². The molecule has 0 saturated heterocycles. The van der Waals surface area contributed by atoms with Crippen molar-refractivity contribution in [3.05, 3.63) is 23.4 Å². The molecule has 6 nitrogen and oxygen atoms in total. The van der Waals surface area contributed by atoms with Gasteiger partial charge in [0.25, 0.3) is 5.91 Å². The molecular formula is C17H26N2O4. The van der Waals surface area contributed by atoms with Gasteiger partial charge < -0.3 is 14.7 Å². The third-order valence-corrected chi connectivity index (χ3v) is 3.29. The Hall–Kier alpha value is -2.11. The average molecular weight is 322 g/mol. The largest absolute Gasteiger partial charge is 0.478 e. The number of aromatic carboxylic acids is 1. The summed E-state index contributed by atoms with van der Waals surface area (Å²) in [6.45, 7) is 7.78. The SMILES string of the molecule is CCCCOc1cc(C(=O)N(CCC)CCC)cc(C(=O)O)n1. The lowest BCUT2D eigenvalue weighted by Gasteiger charge is -2.21. The van der Waals surface area contributed by atoms with Gasteiger partial charge in [0.15, 0.2) is 5.69 Å². The van der Waals surface area contributed by atoms with Gasteiger partial charge in [0.05, 0.1) is 6.61 Å². The Kier molecular flexibility index (Phi) is 8.08. The minimum Gasteiger partial charge on any atom is -0.478 e. The lowest BCUT2D eigenvalue weighted by molar-refractivity contribution is 0.0689. The lowest BCUT2D eigenvalue weighted by atomic mass is 10.2. The molecule has 128 valence electrons. The van der Waals surface area contributed by atoms with Crippen LogP contribution in [0.25, 0.3) is 0 Å². The van der Waals surface area contributed by atoms with Crippen molar-refractivity contribution in [2.75, 3.05) is 19.7 Å². The van der Waals surface area contributed by atoms with Crippen LogP contribution < -0.4 is 4.74 Å². The number of unbranched alkanes of at least 4 members (excludes halogenated alkanes) is 1. The number of nitrogens with zero attached hydrogens (tertiary/aromatic N) is 2. The van der Waals surface area contributed by atoms with E-state index in [4.69, 9.17) is 4.74 Å². The monoisotopic (exact) mass is 322 g/mol. The molecule has 0 unspecified atom stereocenters. The first-order valence-corrected chi connectivity index (χ1v) is 8.20. The summed E-state index contributed by atoms with van der Waals surface area (Å²) in [4.78, 5) is 29.5. The second-order valence-electron chi connectivity index (χ2n) is 5.38. The summed E-state index contributed by atoms with van der Waals surface area (Å²) in [7, 11) is 0. The van der Waals surface area contributed by atoms with Crippen molar-refractivity contribution < 1.29 is 19.4 Å². The number of rotatable bonds is 10. The van der Waals surface area contributed by atoms with Crippen molar-refractivity contribution in [2.24, 2.45) is 0 Å². The first kappa shape index (κ1) is 18.9. The quantitative estimate of drug-likeness (QED) is 0.669. The molecule has 6 heteroatoms. The van der Waals surface area contributed by atoms with E-state index in [1.54, 1.807) is 4.90 Å². The highest BCUT2D eigenvalue weighted by Gasteiger charge is 2.19. The van der Waals surface area contributed by atoms with Gasteiger partial charge in [-0.3, -0.25) is 4.79 Å². The van der Waals surface area contributed by atoms with E-state index >= 15 is 0 Å². The maximum absolute atomic E-state index is 12.6. The van der Waals surface area contributed by atoms with Gasteiger partial charge >= 0.3 is 5.97 Å². The van der Waals surface area contributed by atoms with Gasteiger partial charge in [-0.1, -0.05) is 27.2 Å². The summed E-state index contributed by atoms with van der Waals surface area (Å²) in [5.41, 5.74) is 0.140. The zero-order valence-corrected chi connectivity index (χ0v) is 14.2. The van der Waals surface area contributed by atoms with Crippen LogP contribution in [0.2, 0.25) is 0 Å².